The van der Waals surface area contributed by atoms with E-state index in [1.54, 1.807) is 24.6 Å². The summed E-state index contributed by atoms with van der Waals surface area (Å²) in [5, 5.41) is 12.8. The van der Waals surface area contributed by atoms with Crippen molar-refractivity contribution in [2.24, 2.45) is 23.2 Å². The Labute approximate surface area is 390 Å². The highest BCUT2D eigenvalue weighted by Gasteiger charge is 2.47. The molecule has 12 heteroatoms. The molecular weight excluding hydrogens is 860 g/mol. The van der Waals surface area contributed by atoms with Crippen LogP contribution in [0.5, 0.6) is 17.2 Å². The number of anilines is 1. The second-order valence-electron chi connectivity index (χ2n) is 20.5. The molecule has 4 aromatic carbocycles. The van der Waals surface area contributed by atoms with Gasteiger partial charge in [0.05, 0.1) is 43.9 Å². The van der Waals surface area contributed by atoms with Gasteiger partial charge in [0.25, 0.3) is 0 Å². The number of methoxy groups -OCH3 is 2. The number of carbonyl (C=O) groups excluding carboxylic acids is 1. The molecule has 348 valence electrons. The van der Waals surface area contributed by atoms with Crippen LogP contribution in [0.4, 0.5) is 5.69 Å². The first kappa shape index (κ1) is 47.0. The molecule has 0 unspecified atom stereocenters. The van der Waals surface area contributed by atoms with Crippen LogP contribution in [0, 0.1) is 23.2 Å². The predicted octanol–water partition coefficient (Wildman–Crippen LogP) is 10.2. The minimum Gasteiger partial charge on any atom is -0.497 e. The number of hydrogen-bond donors (Lipinski definition) is 1. The molecule has 1 fully saturated rings. The maximum Gasteiger partial charge on any atom is 0.338 e. The fourth-order valence-corrected chi connectivity index (χ4v) is 12.6. The molecule has 1 saturated carbocycles. The third kappa shape index (κ3) is 10.4. The van der Waals surface area contributed by atoms with Gasteiger partial charge in [-0.1, -0.05) is 61.9 Å². The predicted molar refractivity (Wildman–Crippen MR) is 257 cm³/mol. The van der Waals surface area contributed by atoms with Gasteiger partial charge in [-0.25, -0.2) is 13.2 Å². The summed E-state index contributed by atoms with van der Waals surface area (Å²) in [5.74, 6) is 1.98. The molecule has 0 bridgehead atoms. The van der Waals surface area contributed by atoms with E-state index in [0.29, 0.717) is 43.2 Å². The van der Waals surface area contributed by atoms with Crippen LogP contribution in [-0.2, 0) is 39.7 Å². The number of fused-ring (bicyclic) bond motifs is 3. The van der Waals surface area contributed by atoms with Gasteiger partial charge in [0.2, 0.25) is 10.0 Å². The number of hydrogen-bond acceptors (Lipinski definition) is 9. The van der Waals surface area contributed by atoms with Gasteiger partial charge < -0.3 is 29.0 Å². The molecule has 1 heterocycles. The first-order chi connectivity index (χ1) is 30.8. The van der Waals surface area contributed by atoms with Gasteiger partial charge in [-0.05, 0) is 165 Å². The Morgan fingerprint density at radius 2 is 1.57 bits per heavy atom. The topological polar surface area (TPSA) is 115 Å². The number of aliphatic hydroxyl groups is 1. The van der Waals surface area contributed by atoms with Crippen LogP contribution in [0.15, 0.2) is 96.6 Å². The Bertz CT molecular complexity index is 2450. The Morgan fingerprint density at radius 3 is 2.15 bits per heavy atom. The number of sulfonamides is 1. The van der Waals surface area contributed by atoms with E-state index in [4.69, 9.17) is 30.5 Å². The molecule has 3 aliphatic carbocycles. The first-order valence-electron chi connectivity index (χ1n) is 23.0. The minimum atomic E-state index is -3.75. The number of allylic oxidation sites excluding steroid dienone is 1. The van der Waals surface area contributed by atoms with E-state index in [9.17, 15) is 18.3 Å². The second-order valence-corrected chi connectivity index (χ2v) is 22.9. The van der Waals surface area contributed by atoms with E-state index in [0.717, 1.165) is 65.3 Å². The van der Waals surface area contributed by atoms with E-state index in [-0.39, 0.29) is 48.0 Å². The maximum atomic E-state index is 14.4. The van der Waals surface area contributed by atoms with Gasteiger partial charge >= 0.3 is 5.97 Å². The van der Waals surface area contributed by atoms with Crippen molar-refractivity contribution in [1.82, 2.24) is 4.31 Å². The molecule has 0 aromatic heterocycles. The van der Waals surface area contributed by atoms with E-state index >= 15 is 0 Å². The van der Waals surface area contributed by atoms with Crippen LogP contribution in [-0.4, -0.2) is 75.2 Å². The molecule has 65 heavy (non-hydrogen) atoms. The summed E-state index contributed by atoms with van der Waals surface area (Å²) in [4.78, 5) is 15.8. The number of aryl methyl sites for hydroxylation is 1. The van der Waals surface area contributed by atoms with Gasteiger partial charge in [0.1, 0.15) is 22.8 Å². The van der Waals surface area contributed by atoms with Crippen molar-refractivity contribution in [2.75, 3.05) is 44.6 Å². The van der Waals surface area contributed by atoms with Crippen molar-refractivity contribution in [3.63, 3.8) is 0 Å². The first-order valence-corrected chi connectivity index (χ1v) is 25.0. The number of nitrogens with zero attached hydrogens (tertiary/aromatic N) is 2. The summed E-state index contributed by atoms with van der Waals surface area (Å²) < 4.78 is 53.6. The monoisotopic (exact) mass is 924 g/mol. The third-order valence-electron chi connectivity index (χ3n) is 14.2. The number of halogens is 1. The van der Waals surface area contributed by atoms with Gasteiger partial charge in [0.15, 0.2) is 0 Å². The molecule has 8 rings (SSSR count). The molecule has 1 N–H and O–H groups in total. The van der Waals surface area contributed by atoms with Crippen LogP contribution in [0.3, 0.4) is 0 Å². The molecule has 0 saturated heterocycles. The Hall–Kier alpha value is -4.55. The average molecular weight is 926 g/mol. The van der Waals surface area contributed by atoms with E-state index < -0.39 is 27.1 Å². The molecular formula is C53H65ClN2O8S. The number of carbonyl (C=O) groups is 1. The summed E-state index contributed by atoms with van der Waals surface area (Å²) in [6.07, 6.45) is 6.97. The van der Waals surface area contributed by atoms with Crippen molar-refractivity contribution in [2.45, 2.75) is 103 Å². The van der Waals surface area contributed by atoms with Crippen molar-refractivity contribution in [3.8, 4) is 17.2 Å². The highest BCUT2D eigenvalue weighted by molar-refractivity contribution is 7.89. The highest BCUT2D eigenvalue weighted by Crippen LogP contribution is 2.50. The number of ether oxygens (including phenoxy) is 4. The lowest BCUT2D eigenvalue weighted by atomic mass is 9.62. The summed E-state index contributed by atoms with van der Waals surface area (Å²) in [5.41, 5.74) is 5.09. The van der Waals surface area contributed by atoms with Gasteiger partial charge in [-0.15, -0.1) is 0 Å². The molecule has 1 aliphatic heterocycles. The zero-order valence-electron chi connectivity index (χ0n) is 38.9. The van der Waals surface area contributed by atoms with Gasteiger partial charge in [-0.3, -0.25) is 0 Å². The molecule has 10 nitrogen and oxygen atoms in total. The molecule has 0 amide bonds. The van der Waals surface area contributed by atoms with Crippen LogP contribution < -0.4 is 19.1 Å². The second kappa shape index (κ2) is 18.6. The van der Waals surface area contributed by atoms with Crippen molar-refractivity contribution < 1.29 is 37.3 Å². The number of esters is 1. The normalized spacial score (nSPS) is 22.3. The molecule has 4 aliphatic rings. The van der Waals surface area contributed by atoms with Crippen LogP contribution in [0.25, 0.3) is 0 Å². The lowest BCUT2D eigenvalue weighted by Gasteiger charge is -2.48. The Balaban J connectivity index is 0.993. The molecule has 5 atom stereocenters. The Morgan fingerprint density at radius 1 is 0.923 bits per heavy atom. The number of aliphatic hydroxyl groups excluding tert-OH is 1. The lowest BCUT2D eigenvalue weighted by Crippen LogP contribution is -2.50. The van der Waals surface area contributed by atoms with Crippen LogP contribution in [0.2, 0.25) is 5.02 Å². The summed E-state index contributed by atoms with van der Waals surface area (Å²) >= 11 is 6.51. The largest absolute Gasteiger partial charge is 0.497 e. The van der Waals surface area contributed by atoms with Crippen LogP contribution >= 0.6 is 11.6 Å². The number of rotatable bonds is 15. The molecule has 4 aromatic rings. The fourth-order valence-electron chi connectivity index (χ4n) is 10.4. The minimum absolute atomic E-state index is 0.00934. The molecule has 0 radical (unpaired) electrons. The zero-order chi connectivity index (χ0) is 46.3. The smallest absolute Gasteiger partial charge is 0.338 e. The SMILES string of the molecule is COc1ccc(CN(Cc2ccc(OC)cc2)S(=O)(=O)CC(C)(C)[C@@H]2C=C([C@@H](O)[C@@H]3CC[C@H]3CN3C[C@@]4(CCCc5cc(Cl)ccc54)COc4ccc(C(=O)OC(C)(C)C)cc43)C2)cc1. The van der Waals surface area contributed by atoms with Crippen LogP contribution in [0.1, 0.15) is 99.3 Å². The van der Waals surface area contributed by atoms with Gasteiger partial charge in [-0.2, -0.15) is 4.31 Å². The number of benzene rings is 4. The zero-order valence-corrected chi connectivity index (χ0v) is 40.5. The van der Waals surface area contributed by atoms with Gasteiger partial charge in [0, 0.05) is 36.6 Å². The van der Waals surface area contributed by atoms with Crippen molar-refractivity contribution in [1.29, 1.82) is 0 Å². The fraction of sp³-hybridized carbons (Fsp3) is 0.491. The lowest BCUT2D eigenvalue weighted by molar-refractivity contribution is 0.00694. The average Bonchev–Trinajstić information content (AvgIpc) is 3.37. The standard InChI is InChI=1S/C53H65ClN2O8S/c1-51(2,3)64-50(58)38-15-23-48-47(28-38)55(32-53(33-63-48)24-8-9-37-27-42(54)16-22-46(37)53)31-39-14-21-45(39)49(57)40-25-41(26-40)52(4,5)34-65(59,60)56(29-35-10-17-43(61-6)18-11-35)30-36-12-19-44(62-7)20-13-36/h10-13,15-20,22-23,25,27-28,39,41,45,49,57H,8-9,14,21,24,26,29-34H2,1-7H3/t39-,41+,45+,49+,53-/m0/s1. The third-order valence-corrected chi connectivity index (χ3v) is 16.6. The molecule has 1 spiro atoms. The highest BCUT2D eigenvalue weighted by atomic mass is 35.5. The van der Waals surface area contributed by atoms with Crippen molar-refractivity contribution >= 4 is 33.3 Å². The van der Waals surface area contributed by atoms with Crippen molar-refractivity contribution in [3.05, 3.63) is 129 Å². The Kier molecular flexibility index (Phi) is 13.5. The van der Waals surface area contributed by atoms with E-state index in [1.165, 1.54) is 11.1 Å². The summed E-state index contributed by atoms with van der Waals surface area (Å²) in [6, 6.07) is 26.9. The quantitative estimate of drug-likeness (QED) is 0.0919. The summed E-state index contributed by atoms with van der Waals surface area (Å²) in [7, 11) is -0.529. The summed E-state index contributed by atoms with van der Waals surface area (Å²) in [6.45, 7) is 12.0. The maximum absolute atomic E-state index is 14.4. The van der Waals surface area contributed by atoms with E-state index in [2.05, 4.69) is 23.1 Å². The van der Waals surface area contributed by atoms with E-state index in [1.807, 2.05) is 101 Å².